The fourth-order valence-corrected chi connectivity index (χ4v) is 6.26. The summed E-state index contributed by atoms with van der Waals surface area (Å²) in [4.78, 5) is 34.4. The number of aromatic nitrogens is 3. The molecule has 206 valence electrons. The van der Waals surface area contributed by atoms with Gasteiger partial charge in [-0.05, 0) is 57.9 Å². The third-order valence-electron chi connectivity index (χ3n) is 5.75. The van der Waals surface area contributed by atoms with Gasteiger partial charge in [-0.1, -0.05) is 32.0 Å². The van der Waals surface area contributed by atoms with E-state index in [2.05, 4.69) is 20.6 Å². The molecular weight excluding hydrogens is 538 g/mol. The number of benzene rings is 1. The Morgan fingerprint density at radius 1 is 1.10 bits per heavy atom. The van der Waals surface area contributed by atoms with Crippen LogP contribution in [0.3, 0.4) is 0 Å². The topological polar surface area (TPSA) is 132 Å². The molecule has 1 aromatic carbocycles. The molecular formula is C27H31N5O5S2. The molecule has 4 aromatic rings. The Balaban J connectivity index is 1.61. The van der Waals surface area contributed by atoms with Gasteiger partial charge >= 0.3 is 6.09 Å². The molecule has 3 heterocycles. The second-order valence-corrected chi connectivity index (χ2v) is 13.0. The van der Waals surface area contributed by atoms with Gasteiger partial charge in [-0.25, -0.2) is 27.2 Å². The number of fused-ring (bicyclic) bond motifs is 1. The number of pyridine rings is 1. The third-order valence-corrected chi connectivity index (χ3v) is 8.32. The van der Waals surface area contributed by atoms with Crippen molar-refractivity contribution in [1.29, 1.82) is 0 Å². The first-order valence-electron chi connectivity index (χ1n) is 12.3. The highest BCUT2D eigenvalue weighted by molar-refractivity contribution is 7.90. The van der Waals surface area contributed by atoms with Crippen LogP contribution in [0.4, 0.5) is 9.93 Å². The summed E-state index contributed by atoms with van der Waals surface area (Å²) < 4.78 is 33.3. The molecule has 0 aliphatic carbocycles. The minimum absolute atomic E-state index is 0.163. The molecule has 0 aliphatic heterocycles. The molecule has 0 bridgehead atoms. The largest absolute Gasteiger partial charge is 0.444 e. The van der Waals surface area contributed by atoms with Crippen LogP contribution in [0.5, 0.6) is 0 Å². The Morgan fingerprint density at radius 2 is 1.79 bits per heavy atom. The van der Waals surface area contributed by atoms with Crippen LogP contribution < -0.4 is 10.6 Å². The highest BCUT2D eigenvalue weighted by Crippen LogP contribution is 2.33. The van der Waals surface area contributed by atoms with Crippen molar-refractivity contribution in [3.63, 3.8) is 0 Å². The number of ether oxygens (including phenoxy) is 1. The third kappa shape index (κ3) is 6.12. The predicted octanol–water partition coefficient (Wildman–Crippen LogP) is 5.19. The number of aryl methyl sites for hydroxylation is 1. The summed E-state index contributed by atoms with van der Waals surface area (Å²) in [6, 6.07) is 10.9. The smallest absolute Gasteiger partial charge is 0.408 e. The van der Waals surface area contributed by atoms with Crippen LogP contribution in [0.15, 0.2) is 58.9 Å². The first-order valence-corrected chi connectivity index (χ1v) is 14.6. The van der Waals surface area contributed by atoms with E-state index in [0.717, 1.165) is 0 Å². The second kappa shape index (κ2) is 10.8. The van der Waals surface area contributed by atoms with Crippen LogP contribution in [0, 0.1) is 12.8 Å². The Morgan fingerprint density at radius 3 is 2.44 bits per heavy atom. The minimum atomic E-state index is -3.87. The van der Waals surface area contributed by atoms with Crippen LogP contribution in [0.2, 0.25) is 0 Å². The van der Waals surface area contributed by atoms with Gasteiger partial charge in [-0.3, -0.25) is 4.79 Å². The zero-order valence-corrected chi connectivity index (χ0v) is 24.2. The molecule has 0 spiro atoms. The van der Waals surface area contributed by atoms with Crippen molar-refractivity contribution in [2.24, 2.45) is 5.92 Å². The van der Waals surface area contributed by atoms with E-state index in [4.69, 9.17) is 4.74 Å². The molecule has 4 rings (SSSR count). The number of hydrogen-bond donors (Lipinski definition) is 2. The lowest BCUT2D eigenvalue weighted by Gasteiger charge is -2.24. The quantitative estimate of drug-likeness (QED) is 0.313. The van der Waals surface area contributed by atoms with Gasteiger partial charge in [0, 0.05) is 28.2 Å². The van der Waals surface area contributed by atoms with Crippen molar-refractivity contribution < 1.29 is 22.7 Å². The van der Waals surface area contributed by atoms with Crippen molar-refractivity contribution >= 4 is 49.5 Å². The molecule has 0 unspecified atom stereocenters. The minimum Gasteiger partial charge on any atom is -0.444 e. The summed E-state index contributed by atoms with van der Waals surface area (Å²) >= 11 is 1.22. The van der Waals surface area contributed by atoms with Crippen molar-refractivity contribution in [2.75, 3.05) is 5.32 Å². The monoisotopic (exact) mass is 569 g/mol. The Labute approximate surface area is 231 Å². The molecule has 39 heavy (non-hydrogen) atoms. The van der Waals surface area contributed by atoms with E-state index < -0.39 is 33.7 Å². The zero-order chi connectivity index (χ0) is 28.5. The number of thiazole rings is 1. The van der Waals surface area contributed by atoms with Crippen LogP contribution in [-0.4, -0.2) is 46.0 Å². The number of nitrogens with one attached hydrogen (secondary N) is 2. The van der Waals surface area contributed by atoms with Gasteiger partial charge in [0.15, 0.2) is 10.8 Å². The standard InChI is InChI=1S/C27H31N5O5S2/c1-16(2)22(30-26(34)37-27(4,5)6)24(33)31-25-29-21(15-38-25)19-12-13-28-23-20(19)14-17(3)32(23)39(35,36)18-10-8-7-9-11-18/h7-16,22H,1-6H3,(H,30,34)(H,29,31,33)/t22-/m1/s1. The Bertz CT molecular complexity index is 1620. The van der Waals surface area contributed by atoms with Crippen LogP contribution in [0.25, 0.3) is 22.3 Å². The number of hydrogen-bond acceptors (Lipinski definition) is 8. The van der Waals surface area contributed by atoms with Gasteiger partial charge in [0.05, 0.1) is 10.6 Å². The van der Waals surface area contributed by atoms with Crippen molar-refractivity contribution in [2.45, 2.75) is 58.1 Å². The van der Waals surface area contributed by atoms with Gasteiger partial charge < -0.3 is 15.4 Å². The van der Waals surface area contributed by atoms with Crippen molar-refractivity contribution in [3.05, 3.63) is 59.7 Å². The molecule has 1 atom stereocenters. The maximum atomic E-state index is 13.4. The van der Waals surface area contributed by atoms with Gasteiger partial charge in [-0.2, -0.15) is 0 Å². The number of carbonyl (C=O) groups excluding carboxylic acids is 2. The highest BCUT2D eigenvalue weighted by Gasteiger charge is 2.28. The van der Waals surface area contributed by atoms with Crippen LogP contribution in [0.1, 0.15) is 40.3 Å². The molecule has 0 saturated carbocycles. The molecule has 2 N–H and O–H groups in total. The van der Waals surface area contributed by atoms with E-state index >= 15 is 0 Å². The van der Waals surface area contributed by atoms with E-state index in [9.17, 15) is 18.0 Å². The zero-order valence-electron chi connectivity index (χ0n) is 22.6. The van der Waals surface area contributed by atoms with Gasteiger partial charge in [0.2, 0.25) is 5.91 Å². The molecule has 3 aromatic heterocycles. The molecule has 2 amide bonds. The average molecular weight is 570 g/mol. The molecule has 0 radical (unpaired) electrons. The van der Waals surface area contributed by atoms with Crippen LogP contribution >= 0.6 is 11.3 Å². The summed E-state index contributed by atoms with van der Waals surface area (Å²) in [6.45, 7) is 10.6. The molecule has 0 aliphatic rings. The maximum Gasteiger partial charge on any atom is 0.408 e. The fraction of sp³-hybridized carbons (Fsp3) is 0.333. The van der Waals surface area contributed by atoms with E-state index in [1.54, 1.807) is 75.5 Å². The SMILES string of the molecule is Cc1cc2c(-c3csc(NC(=O)[C@H](NC(=O)OC(C)(C)C)C(C)C)n3)ccnc2n1S(=O)(=O)c1ccccc1. The van der Waals surface area contributed by atoms with Crippen molar-refractivity contribution in [1.82, 2.24) is 19.3 Å². The van der Waals surface area contributed by atoms with Crippen molar-refractivity contribution in [3.8, 4) is 11.3 Å². The summed E-state index contributed by atoms with van der Waals surface area (Å²) in [7, 11) is -3.87. The number of anilines is 1. The molecule has 12 heteroatoms. The number of rotatable bonds is 7. The number of nitrogens with zero attached hydrogens (tertiary/aromatic N) is 3. The Kier molecular flexibility index (Phi) is 7.80. The van der Waals surface area contributed by atoms with Gasteiger partial charge in [0.25, 0.3) is 10.0 Å². The number of carbonyl (C=O) groups is 2. The van der Waals surface area contributed by atoms with Gasteiger partial charge in [-0.15, -0.1) is 11.3 Å². The van der Waals surface area contributed by atoms with E-state index in [1.807, 2.05) is 13.8 Å². The summed E-state index contributed by atoms with van der Waals surface area (Å²) in [5, 5.41) is 8.13. The van der Waals surface area contributed by atoms with E-state index in [-0.39, 0.29) is 16.5 Å². The number of amides is 2. The first-order chi connectivity index (χ1) is 18.3. The number of alkyl carbamates (subject to hydrolysis) is 1. The Hall–Kier alpha value is -3.77. The van der Waals surface area contributed by atoms with E-state index in [1.165, 1.54) is 21.5 Å². The summed E-state index contributed by atoms with van der Waals surface area (Å²) in [5.74, 6) is -0.626. The first kappa shape index (κ1) is 28.2. The average Bonchev–Trinajstić information content (AvgIpc) is 3.45. The van der Waals surface area contributed by atoms with E-state index in [0.29, 0.717) is 27.5 Å². The predicted molar refractivity (Wildman–Crippen MR) is 151 cm³/mol. The van der Waals surface area contributed by atoms with Crippen LogP contribution in [-0.2, 0) is 19.6 Å². The second-order valence-electron chi connectivity index (χ2n) is 10.4. The molecule has 0 saturated heterocycles. The summed E-state index contributed by atoms with van der Waals surface area (Å²) in [6.07, 6.45) is 0.853. The lowest BCUT2D eigenvalue weighted by Crippen LogP contribution is -2.48. The normalized spacial score (nSPS) is 12.9. The molecule has 0 fully saturated rings. The lowest BCUT2D eigenvalue weighted by molar-refractivity contribution is -0.119. The fourth-order valence-electron chi connectivity index (χ4n) is 4.03. The summed E-state index contributed by atoms with van der Waals surface area (Å²) in [5.41, 5.74) is 1.33. The van der Waals surface area contributed by atoms with Gasteiger partial charge in [0.1, 0.15) is 11.6 Å². The molecule has 10 nitrogen and oxygen atoms in total. The lowest BCUT2D eigenvalue weighted by atomic mass is 10.0. The highest BCUT2D eigenvalue weighted by atomic mass is 32.2. The maximum absolute atomic E-state index is 13.4.